The number of aromatic nitrogens is 1. The van der Waals surface area contributed by atoms with Crippen LogP contribution in [0.3, 0.4) is 0 Å². The lowest BCUT2D eigenvalue weighted by Gasteiger charge is -2.24. The molecule has 1 N–H and O–H groups in total. The van der Waals surface area contributed by atoms with Crippen molar-refractivity contribution in [3.8, 4) is 0 Å². The van der Waals surface area contributed by atoms with E-state index in [0.717, 1.165) is 0 Å². The summed E-state index contributed by atoms with van der Waals surface area (Å²) in [5.74, 6) is 0. The van der Waals surface area contributed by atoms with Crippen molar-refractivity contribution in [2.24, 2.45) is 0 Å². The van der Waals surface area contributed by atoms with Crippen LogP contribution in [0.15, 0.2) is 24.5 Å². The van der Waals surface area contributed by atoms with Crippen LogP contribution >= 0.6 is 34.8 Å². The SMILES string of the molecule is COC(=O)NC(c1cccnc1)C(Cl)(Cl)Cl. The molecule has 0 saturated carbocycles. The fourth-order valence-electron chi connectivity index (χ4n) is 1.08. The molecule has 1 amide bonds. The highest BCUT2D eigenvalue weighted by Crippen LogP contribution is 2.39. The minimum atomic E-state index is -1.68. The summed E-state index contributed by atoms with van der Waals surface area (Å²) in [7, 11) is 1.23. The summed E-state index contributed by atoms with van der Waals surface area (Å²) in [6.45, 7) is 0. The van der Waals surface area contributed by atoms with Crippen LogP contribution < -0.4 is 5.32 Å². The van der Waals surface area contributed by atoms with Gasteiger partial charge in [0.25, 0.3) is 0 Å². The summed E-state index contributed by atoms with van der Waals surface area (Å²) in [6.07, 6.45) is 2.40. The molecule has 0 aliphatic carbocycles. The Balaban J connectivity index is 2.93. The molecule has 0 aliphatic heterocycles. The molecule has 1 aromatic heterocycles. The second kappa shape index (κ2) is 5.57. The van der Waals surface area contributed by atoms with Gasteiger partial charge in [0, 0.05) is 12.4 Å². The molecule has 0 saturated heterocycles. The third-order valence-electron chi connectivity index (χ3n) is 1.79. The van der Waals surface area contributed by atoms with Gasteiger partial charge in [-0.05, 0) is 11.6 Å². The van der Waals surface area contributed by atoms with Gasteiger partial charge in [-0.25, -0.2) is 4.79 Å². The largest absolute Gasteiger partial charge is 0.453 e. The second-order valence-electron chi connectivity index (χ2n) is 2.90. The van der Waals surface area contributed by atoms with Gasteiger partial charge in [0.2, 0.25) is 3.79 Å². The summed E-state index contributed by atoms with van der Waals surface area (Å²) in [4.78, 5) is 15.0. The number of ether oxygens (including phenoxy) is 1. The average Bonchev–Trinajstić information content (AvgIpc) is 2.25. The number of methoxy groups -OCH3 is 1. The fourth-order valence-corrected chi connectivity index (χ4v) is 1.62. The van der Waals surface area contributed by atoms with Gasteiger partial charge in [-0.2, -0.15) is 0 Å². The molecule has 1 aromatic rings. The Morgan fingerprint density at radius 1 is 1.56 bits per heavy atom. The van der Waals surface area contributed by atoms with Crippen LogP contribution in [0.5, 0.6) is 0 Å². The van der Waals surface area contributed by atoms with Gasteiger partial charge in [-0.3, -0.25) is 4.98 Å². The maximum absolute atomic E-state index is 11.1. The van der Waals surface area contributed by atoms with Crippen LogP contribution in [0.1, 0.15) is 11.6 Å². The van der Waals surface area contributed by atoms with Crippen molar-refractivity contribution in [1.82, 2.24) is 10.3 Å². The maximum Gasteiger partial charge on any atom is 0.407 e. The fraction of sp³-hybridized carbons (Fsp3) is 0.333. The highest BCUT2D eigenvalue weighted by molar-refractivity contribution is 6.68. The van der Waals surface area contributed by atoms with Crippen molar-refractivity contribution in [1.29, 1.82) is 0 Å². The maximum atomic E-state index is 11.1. The van der Waals surface area contributed by atoms with Crippen molar-refractivity contribution in [3.05, 3.63) is 30.1 Å². The molecule has 1 heterocycles. The lowest BCUT2D eigenvalue weighted by molar-refractivity contribution is 0.166. The summed E-state index contributed by atoms with van der Waals surface area (Å²) >= 11 is 17.3. The first-order valence-corrected chi connectivity index (χ1v) is 5.39. The molecule has 1 rings (SSSR count). The minimum Gasteiger partial charge on any atom is -0.453 e. The molecular weight excluding hydrogens is 274 g/mol. The number of alkyl halides is 3. The van der Waals surface area contributed by atoms with Crippen LogP contribution in [0.2, 0.25) is 0 Å². The van der Waals surface area contributed by atoms with Crippen LogP contribution in [-0.4, -0.2) is 22.0 Å². The molecular formula is C9H9Cl3N2O2. The zero-order valence-corrected chi connectivity index (χ0v) is 10.6. The molecule has 0 radical (unpaired) electrons. The molecule has 0 spiro atoms. The van der Waals surface area contributed by atoms with Crippen LogP contribution in [0, 0.1) is 0 Å². The summed E-state index contributed by atoms with van der Waals surface area (Å²) in [5, 5.41) is 2.43. The lowest BCUT2D eigenvalue weighted by Crippen LogP contribution is -2.36. The van der Waals surface area contributed by atoms with E-state index in [1.54, 1.807) is 18.3 Å². The Kier molecular flexibility index (Phi) is 4.65. The number of halogens is 3. The Labute approximate surface area is 108 Å². The predicted octanol–water partition coefficient (Wildman–Crippen LogP) is 2.85. The highest BCUT2D eigenvalue weighted by Gasteiger charge is 2.35. The summed E-state index contributed by atoms with van der Waals surface area (Å²) < 4.78 is 2.77. The first-order valence-electron chi connectivity index (χ1n) is 4.26. The van der Waals surface area contributed by atoms with E-state index in [9.17, 15) is 4.79 Å². The zero-order chi connectivity index (χ0) is 12.2. The third kappa shape index (κ3) is 3.70. The number of hydrogen-bond donors (Lipinski definition) is 1. The van der Waals surface area contributed by atoms with Crippen molar-refractivity contribution in [3.63, 3.8) is 0 Å². The van der Waals surface area contributed by atoms with E-state index in [2.05, 4.69) is 15.0 Å². The van der Waals surface area contributed by atoms with Crippen LogP contribution in [0.4, 0.5) is 4.79 Å². The summed E-state index contributed by atoms with van der Waals surface area (Å²) in [6, 6.07) is 2.55. The quantitative estimate of drug-likeness (QED) is 0.849. The Hall–Kier alpha value is -0.710. The monoisotopic (exact) mass is 282 g/mol. The normalized spacial score (nSPS) is 13.0. The number of amides is 1. The second-order valence-corrected chi connectivity index (χ2v) is 5.27. The van der Waals surface area contributed by atoms with E-state index in [1.807, 2.05) is 0 Å². The number of pyridine rings is 1. The molecule has 1 atom stereocenters. The van der Waals surface area contributed by atoms with Gasteiger partial charge >= 0.3 is 6.09 Å². The van der Waals surface area contributed by atoms with Gasteiger partial charge in [0.15, 0.2) is 0 Å². The predicted molar refractivity (Wildman–Crippen MR) is 62.8 cm³/mol. The van der Waals surface area contributed by atoms with Crippen LogP contribution in [0.25, 0.3) is 0 Å². The van der Waals surface area contributed by atoms with Gasteiger partial charge in [-0.15, -0.1) is 0 Å². The van der Waals surface area contributed by atoms with E-state index in [0.29, 0.717) is 5.56 Å². The topological polar surface area (TPSA) is 51.2 Å². The first kappa shape index (κ1) is 13.4. The molecule has 7 heteroatoms. The molecule has 0 fully saturated rings. The summed E-state index contributed by atoms with van der Waals surface area (Å²) in [5.41, 5.74) is 0.577. The number of carbonyl (C=O) groups excluding carboxylic acids is 1. The Bertz CT molecular complexity index is 354. The van der Waals surface area contributed by atoms with Gasteiger partial charge in [-0.1, -0.05) is 40.9 Å². The number of rotatable bonds is 2. The number of alkyl carbamates (subject to hydrolysis) is 1. The number of hydrogen-bond acceptors (Lipinski definition) is 3. The lowest BCUT2D eigenvalue weighted by atomic mass is 10.1. The van der Waals surface area contributed by atoms with E-state index < -0.39 is 15.9 Å². The van der Waals surface area contributed by atoms with Crippen molar-refractivity contribution in [2.75, 3.05) is 7.11 Å². The molecule has 16 heavy (non-hydrogen) atoms. The van der Waals surface area contributed by atoms with Gasteiger partial charge < -0.3 is 10.1 Å². The minimum absolute atomic E-state index is 0.577. The van der Waals surface area contributed by atoms with Crippen molar-refractivity contribution < 1.29 is 9.53 Å². The number of nitrogens with one attached hydrogen (secondary N) is 1. The standard InChI is InChI=1S/C9H9Cl3N2O2/c1-16-8(15)14-7(9(10,11)12)6-3-2-4-13-5-6/h2-5,7H,1H3,(H,14,15). The van der Waals surface area contributed by atoms with Crippen molar-refractivity contribution in [2.45, 2.75) is 9.83 Å². The molecule has 0 aliphatic rings. The third-order valence-corrected chi connectivity index (χ3v) is 2.45. The van der Waals surface area contributed by atoms with Gasteiger partial charge in [0.1, 0.15) is 6.04 Å². The molecule has 0 bridgehead atoms. The smallest absolute Gasteiger partial charge is 0.407 e. The highest BCUT2D eigenvalue weighted by atomic mass is 35.6. The number of nitrogens with zero attached hydrogens (tertiary/aromatic N) is 1. The van der Waals surface area contributed by atoms with Crippen LogP contribution in [-0.2, 0) is 4.74 Å². The van der Waals surface area contributed by atoms with Gasteiger partial charge in [0.05, 0.1) is 7.11 Å². The molecule has 1 unspecified atom stereocenters. The van der Waals surface area contributed by atoms with E-state index in [4.69, 9.17) is 34.8 Å². The number of carbonyl (C=O) groups is 1. The Morgan fingerprint density at radius 2 is 2.25 bits per heavy atom. The molecule has 88 valence electrons. The molecule has 4 nitrogen and oxygen atoms in total. The Morgan fingerprint density at radius 3 is 2.69 bits per heavy atom. The van der Waals surface area contributed by atoms with Crippen molar-refractivity contribution >= 4 is 40.9 Å². The average molecular weight is 284 g/mol. The van der Waals surface area contributed by atoms with E-state index in [-0.39, 0.29) is 0 Å². The first-order chi connectivity index (χ1) is 7.45. The zero-order valence-electron chi connectivity index (χ0n) is 8.28. The molecule has 0 aromatic carbocycles. The van der Waals surface area contributed by atoms with E-state index in [1.165, 1.54) is 13.3 Å². The van der Waals surface area contributed by atoms with E-state index >= 15 is 0 Å².